The minimum atomic E-state index is -3.38. The Hall–Kier alpha value is -2.22. The molecule has 2 aromatic carbocycles. The standard InChI is InChI=1S/C21H23N3O2S2/c1-16(17-7-3-2-4-8-17)22-21-23-20(15-27-21)18-9-11-19(12-10-18)28(25,26)24-13-5-6-14-24/h2-4,7-12,15-16H,5-6,13-14H2,1H3,(H,22,23). The number of benzene rings is 2. The molecule has 1 atom stereocenters. The van der Waals surface area contributed by atoms with Crippen molar-refractivity contribution < 1.29 is 8.42 Å². The predicted octanol–water partition coefficient (Wildman–Crippen LogP) is 4.77. The van der Waals surface area contributed by atoms with Gasteiger partial charge < -0.3 is 5.32 Å². The van der Waals surface area contributed by atoms with Crippen LogP contribution in [-0.4, -0.2) is 30.8 Å². The van der Waals surface area contributed by atoms with Gasteiger partial charge in [-0.05, 0) is 37.5 Å². The van der Waals surface area contributed by atoms with Gasteiger partial charge in [0.1, 0.15) is 0 Å². The molecule has 0 saturated carbocycles. The fourth-order valence-electron chi connectivity index (χ4n) is 3.36. The van der Waals surface area contributed by atoms with Gasteiger partial charge in [0, 0.05) is 24.0 Å². The molecule has 28 heavy (non-hydrogen) atoms. The number of rotatable bonds is 6. The van der Waals surface area contributed by atoms with Crippen LogP contribution < -0.4 is 5.32 Å². The molecule has 3 aromatic rings. The van der Waals surface area contributed by atoms with Crippen molar-refractivity contribution in [2.75, 3.05) is 18.4 Å². The van der Waals surface area contributed by atoms with Crippen molar-refractivity contribution in [2.45, 2.75) is 30.7 Å². The molecule has 1 aromatic heterocycles. The zero-order valence-electron chi connectivity index (χ0n) is 15.7. The molecule has 5 nitrogen and oxygen atoms in total. The summed E-state index contributed by atoms with van der Waals surface area (Å²) in [6.45, 7) is 3.34. The molecule has 0 aliphatic carbocycles. The summed E-state index contributed by atoms with van der Waals surface area (Å²) in [5, 5.41) is 6.26. The molecule has 1 aliphatic heterocycles. The van der Waals surface area contributed by atoms with E-state index in [4.69, 9.17) is 0 Å². The van der Waals surface area contributed by atoms with Gasteiger partial charge in [-0.1, -0.05) is 42.5 Å². The van der Waals surface area contributed by atoms with Gasteiger partial charge in [-0.25, -0.2) is 13.4 Å². The van der Waals surface area contributed by atoms with Crippen molar-refractivity contribution in [1.82, 2.24) is 9.29 Å². The van der Waals surface area contributed by atoms with E-state index < -0.39 is 10.0 Å². The number of nitrogens with one attached hydrogen (secondary N) is 1. The van der Waals surface area contributed by atoms with E-state index in [9.17, 15) is 8.42 Å². The van der Waals surface area contributed by atoms with Gasteiger partial charge in [-0.3, -0.25) is 0 Å². The lowest BCUT2D eigenvalue weighted by Crippen LogP contribution is -2.27. The summed E-state index contributed by atoms with van der Waals surface area (Å²) in [6, 6.07) is 17.4. The molecule has 1 fully saturated rings. The fourth-order valence-corrected chi connectivity index (χ4v) is 5.68. The largest absolute Gasteiger partial charge is 0.355 e. The summed E-state index contributed by atoms with van der Waals surface area (Å²) >= 11 is 1.55. The van der Waals surface area contributed by atoms with E-state index in [0.29, 0.717) is 18.0 Å². The minimum absolute atomic E-state index is 0.160. The molecule has 1 unspecified atom stereocenters. The summed E-state index contributed by atoms with van der Waals surface area (Å²) in [4.78, 5) is 5.01. The highest BCUT2D eigenvalue weighted by molar-refractivity contribution is 7.89. The summed E-state index contributed by atoms with van der Waals surface area (Å²) in [5.74, 6) is 0. The minimum Gasteiger partial charge on any atom is -0.355 e. The van der Waals surface area contributed by atoms with Gasteiger partial charge in [0.05, 0.1) is 16.6 Å². The lowest BCUT2D eigenvalue weighted by molar-refractivity contribution is 0.477. The quantitative estimate of drug-likeness (QED) is 0.632. The maximum atomic E-state index is 12.6. The van der Waals surface area contributed by atoms with Crippen LogP contribution in [0.25, 0.3) is 11.3 Å². The molecule has 7 heteroatoms. The number of hydrogen-bond donors (Lipinski definition) is 1. The maximum absolute atomic E-state index is 12.6. The van der Waals surface area contributed by atoms with Crippen LogP contribution in [0.5, 0.6) is 0 Å². The second-order valence-corrected chi connectivity index (χ2v) is 9.75. The van der Waals surface area contributed by atoms with Crippen LogP contribution in [0.1, 0.15) is 31.4 Å². The lowest BCUT2D eigenvalue weighted by atomic mass is 10.1. The van der Waals surface area contributed by atoms with Gasteiger partial charge in [-0.15, -0.1) is 11.3 Å². The molecule has 0 amide bonds. The van der Waals surface area contributed by atoms with E-state index >= 15 is 0 Å². The summed E-state index contributed by atoms with van der Waals surface area (Å²) in [5.41, 5.74) is 2.96. The lowest BCUT2D eigenvalue weighted by Gasteiger charge is -2.15. The van der Waals surface area contributed by atoms with Crippen LogP contribution in [0.4, 0.5) is 5.13 Å². The Balaban J connectivity index is 1.48. The van der Waals surface area contributed by atoms with Crippen molar-refractivity contribution in [2.24, 2.45) is 0 Å². The molecule has 0 spiro atoms. The number of anilines is 1. The molecule has 1 aliphatic rings. The first-order chi connectivity index (χ1) is 13.5. The third-order valence-corrected chi connectivity index (χ3v) is 7.68. The van der Waals surface area contributed by atoms with E-state index in [1.54, 1.807) is 27.8 Å². The zero-order valence-corrected chi connectivity index (χ0v) is 17.3. The van der Waals surface area contributed by atoms with E-state index in [-0.39, 0.29) is 6.04 Å². The van der Waals surface area contributed by atoms with Crippen LogP contribution in [0.15, 0.2) is 64.9 Å². The molecular weight excluding hydrogens is 390 g/mol. The predicted molar refractivity (Wildman–Crippen MR) is 114 cm³/mol. The Morgan fingerprint density at radius 1 is 1.04 bits per heavy atom. The van der Waals surface area contributed by atoms with Crippen molar-refractivity contribution in [3.8, 4) is 11.3 Å². The van der Waals surface area contributed by atoms with Gasteiger partial charge in [0.15, 0.2) is 5.13 Å². The first-order valence-electron chi connectivity index (χ1n) is 9.41. The Morgan fingerprint density at radius 2 is 1.71 bits per heavy atom. The fraction of sp³-hybridized carbons (Fsp3) is 0.286. The van der Waals surface area contributed by atoms with Crippen molar-refractivity contribution in [1.29, 1.82) is 0 Å². The van der Waals surface area contributed by atoms with Crippen LogP contribution in [0.2, 0.25) is 0 Å². The molecule has 4 rings (SSSR count). The average Bonchev–Trinajstić information content (AvgIpc) is 3.41. The Bertz CT molecular complexity index is 1030. The second-order valence-electron chi connectivity index (χ2n) is 6.95. The molecule has 0 bridgehead atoms. The monoisotopic (exact) mass is 413 g/mol. The number of aromatic nitrogens is 1. The number of sulfonamides is 1. The van der Waals surface area contributed by atoms with Crippen LogP contribution in [0.3, 0.4) is 0 Å². The average molecular weight is 414 g/mol. The van der Waals surface area contributed by atoms with E-state index in [1.165, 1.54) is 5.56 Å². The highest BCUT2D eigenvalue weighted by Gasteiger charge is 2.27. The Kier molecular flexibility index (Phi) is 5.48. The topological polar surface area (TPSA) is 62.3 Å². The van der Waals surface area contributed by atoms with Crippen LogP contribution in [0, 0.1) is 0 Å². The Labute approximate surface area is 170 Å². The van der Waals surface area contributed by atoms with Crippen molar-refractivity contribution in [3.05, 3.63) is 65.5 Å². The Morgan fingerprint density at radius 3 is 2.39 bits per heavy atom. The van der Waals surface area contributed by atoms with Gasteiger partial charge in [-0.2, -0.15) is 4.31 Å². The first-order valence-corrected chi connectivity index (χ1v) is 11.7. The molecule has 1 N–H and O–H groups in total. The normalized spacial score (nSPS) is 16.2. The van der Waals surface area contributed by atoms with E-state index in [1.807, 2.05) is 35.7 Å². The SMILES string of the molecule is CC(Nc1nc(-c2ccc(S(=O)(=O)N3CCCC3)cc2)cs1)c1ccccc1. The number of hydrogen-bond acceptors (Lipinski definition) is 5. The van der Waals surface area contributed by atoms with Crippen molar-refractivity contribution >= 4 is 26.5 Å². The summed E-state index contributed by atoms with van der Waals surface area (Å²) < 4.78 is 26.9. The summed E-state index contributed by atoms with van der Waals surface area (Å²) in [7, 11) is -3.38. The molecule has 0 radical (unpaired) electrons. The second kappa shape index (κ2) is 8.03. The van der Waals surface area contributed by atoms with Crippen LogP contribution in [-0.2, 0) is 10.0 Å². The van der Waals surface area contributed by atoms with Crippen LogP contribution >= 0.6 is 11.3 Å². The molecule has 2 heterocycles. The highest BCUT2D eigenvalue weighted by Crippen LogP contribution is 2.29. The number of thiazole rings is 1. The van der Waals surface area contributed by atoms with Gasteiger partial charge in [0.25, 0.3) is 0 Å². The van der Waals surface area contributed by atoms with Gasteiger partial charge in [0.2, 0.25) is 10.0 Å². The van der Waals surface area contributed by atoms with E-state index in [2.05, 4.69) is 29.4 Å². The maximum Gasteiger partial charge on any atom is 0.243 e. The third kappa shape index (κ3) is 3.97. The first kappa shape index (κ1) is 19.1. The molecule has 1 saturated heterocycles. The molecule has 146 valence electrons. The van der Waals surface area contributed by atoms with Crippen molar-refractivity contribution in [3.63, 3.8) is 0 Å². The zero-order chi connectivity index (χ0) is 19.6. The highest BCUT2D eigenvalue weighted by atomic mass is 32.2. The van der Waals surface area contributed by atoms with Gasteiger partial charge >= 0.3 is 0 Å². The number of nitrogens with zero attached hydrogens (tertiary/aromatic N) is 2. The van der Waals surface area contributed by atoms with E-state index in [0.717, 1.165) is 29.2 Å². The third-order valence-electron chi connectivity index (χ3n) is 5.00. The smallest absolute Gasteiger partial charge is 0.243 e. The molecular formula is C21H23N3O2S2. The summed E-state index contributed by atoms with van der Waals surface area (Å²) in [6.07, 6.45) is 1.88.